The Hall–Kier alpha value is -4.10. The Morgan fingerprint density at radius 3 is 1.88 bits per heavy atom. The molecule has 4 heterocycles. The lowest BCUT2D eigenvalue weighted by Crippen LogP contribution is -2.45. The molecule has 0 aliphatic carbocycles. The van der Waals surface area contributed by atoms with Gasteiger partial charge in [0.25, 0.3) is 0 Å². The molecular formula is C33H36F2N4Si. The zero-order valence-corrected chi connectivity index (χ0v) is 23.8. The Kier molecular flexibility index (Phi) is 8.07. The number of aromatic amines is 1. The van der Waals surface area contributed by atoms with Crippen molar-refractivity contribution in [3.05, 3.63) is 109 Å². The van der Waals surface area contributed by atoms with E-state index < -0.39 is 8.24 Å². The predicted molar refractivity (Wildman–Crippen MR) is 166 cm³/mol. The maximum Gasteiger partial charge on any atom is 0.163 e. The number of nitrogens with one attached hydrogen (secondary N) is 1. The molecule has 0 unspecified atom stereocenters. The Bertz CT molecular complexity index is 1760. The number of aromatic nitrogens is 4. The molecule has 0 fully saturated rings. The van der Waals surface area contributed by atoms with Crippen LogP contribution in [0.3, 0.4) is 0 Å². The highest BCUT2D eigenvalue weighted by Gasteiger charge is 2.38. The molecule has 6 aromatic rings. The molecule has 0 aliphatic heterocycles. The second-order valence-electron chi connectivity index (χ2n) is 11.3. The Labute approximate surface area is 235 Å². The fourth-order valence-electron chi connectivity index (χ4n) is 4.43. The monoisotopic (exact) mass is 554 g/mol. The third-order valence-electron chi connectivity index (χ3n) is 7.68. The number of H-pyrrole nitrogens is 1. The van der Waals surface area contributed by atoms with Crippen molar-refractivity contribution in [3.63, 3.8) is 0 Å². The first-order chi connectivity index (χ1) is 18.5. The van der Waals surface area contributed by atoms with Crippen molar-refractivity contribution in [1.29, 1.82) is 0 Å². The number of hydrogen-bond donors (Lipinski definition) is 1. The normalized spacial score (nSPS) is 11.7. The van der Waals surface area contributed by atoms with Gasteiger partial charge in [-0.1, -0.05) is 65.6 Å². The smallest absolute Gasteiger partial charge is 0.163 e. The van der Waals surface area contributed by atoms with Crippen molar-refractivity contribution >= 4 is 30.3 Å². The van der Waals surface area contributed by atoms with Crippen LogP contribution < -0.4 is 0 Å². The maximum atomic E-state index is 13.4. The van der Waals surface area contributed by atoms with Crippen LogP contribution in [0.2, 0.25) is 18.1 Å². The summed E-state index contributed by atoms with van der Waals surface area (Å²) in [7, 11) is -1.70. The first-order valence-corrected chi connectivity index (χ1v) is 15.9. The maximum absolute atomic E-state index is 13.4. The van der Waals surface area contributed by atoms with Gasteiger partial charge in [0.05, 0.1) is 0 Å². The van der Waals surface area contributed by atoms with Crippen LogP contribution in [0, 0.1) is 11.6 Å². The van der Waals surface area contributed by atoms with Crippen molar-refractivity contribution in [1.82, 2.24) is 19.2 Å². The molecular weight excluding hydrogens is 518 g/mol. The molecule has 6 rings (SSSR count). The van der Waals surface area contributed by atoms with Gasteiger partial charge >= 0.3 is 0 Å². The van der Waals surface area contributed by atoms with Crippen LogP contribution in [-0.2, 0) is 0 Å². The van der Waals surface area contributed by atoms with E-state index in [1.807, 2.05) is 36.7 Å². The largest absolute Gasteiger partial charge is 0.359 e. The van der Waals surface area contributed by atoms with E-state index in [1.165, 1.54) is 18.2 Å². The minimum absolute atomic E-state index is 0. The summed E-state index contributed by atoms with van der Waals surface area (Å²) in [6.07, 6.45) is 7.59. The Morgan fingerprint density at radius 1 is 0.725 bits per heavy atom. The van der Waals surface area contributed by atoms with Crippen molar-refractivity contribution in [3.8, 4) is 22.3 Å². The summed E-state index contributed by atoms with van der Waals surface area (Å²) >= 11 is 0. The number of nitrogens with zero attached hydrogens (tertiary/aromatic N) is 3. The van der Waals surface area contributed by atoms with Gasteiger partial charge in [-0.3, -0.25) is 0 Å². The van der Waals surface area contributed by atoms with Crippen molar-refractivity contribution in [2.45, 2.75) is 46.3 Å². The van der Waals surface area contributed by atoms with Gasteiger partial charge in [0.2, 0.25) is 0 Å². The number of pyridine rings is 2. The third kappa shape index (κ3) is 5.75. The molecule has 0 saturated carbocycles. The molecule has 7 heteroatoms. The molecule has 4 aromatic heterocycles. The van der Waals surface area contributed by atoms with Gasteiger partial charge in [0.15, 0.2) is 8.24 Å². The van der Waals surface area contributed by atoms with Crippen LogP contribution in [0.4, 0.5) is 8.78 Å². The standard InChI is InChI=1S/C19H23FN2Si.C13H9FN2.CH4/c1-19(2,3)23(4,5)22-10-9-15-11-16(13-21-18(15)22)14-7-6-8-17(20)12-14;14-12-3-1-2-9(7-12)11-6-10-4-5-15-13(10)16-8-11;/h6-13H,1-5H3;1-8H,(H,15,16);1H4. The second-order valence-corrected chi connectivity index (χ2v) is 16.4. The highest BCUT2D eigenvalue weighted by atomic mass is 28.3. The third-order valence-corrected chi connectivity index (χ3v) is 12.9. The van der Waals surface area contributed by atoms with Crippen LogP contribution in [0.1, 0.15) is 28.2 Å². The van der Waals surface area contributed by atoms with Crippen LogP contribution in [-0.4, -0.2) is 27.4 Å². The van der Waals surface area contributed by atoms with Crippen molar-refractivity contribution < 1.29 is 8.78 Å². The van der Waals surface area contributed by atoms with Gasteiger partial charge in [-0.25, -0.2) is 18.7 Å². The summed E-state index contributed by atoms with van der Waals surface area (Å²) in [5, 5.41) is 2.38. The van der Waals surface area contributed by atoms with Gasteiger partial charge < -0.3 is 9.22 Å². The predicted octanol–water partition coefficient (Wildman–Crippen LogP) is 9.70. The lowest BCUT2D eigenvalue weighted by Gasteiger charge is -2.38. The molecule has 0 saturated heterocycles. The van der Waals surface area contributed by atoms with Gasteiger partial charge in [0.1, 0.15) is 22.9 Å². The van der Waals surface area contributed by atoms with Crippen LogP contribution >= 0.6 is 0 Å². The van der Waals surface area contributed by atoms with E-state index in [4.69, 9.17) is 4.98 Å². The van der Waals surface area contributed by atoms with E-state index in [2.05, 4.69) is 66.4 Å². The minimum Gasteiger partial charge on any atom is -0.359 e. The van der Waals surface area contributed by atoms with Crippen molar-refractivity contribution in [2.24, 2.45) is 0 Å². The number of halogens is 2. The highest BCUT2D eigenvalue weighted by molar-refractivity contribution is 6.79. The van der Waals surface area contributed by atoms with E-state index in [0.29, 0.717) is 0 Å². The first kappa shape index (κ1) is 28.9. The number of fused-ring (bicyclic) bond motifs is 2. The van der Waals surface area contributed by atoms with Gasteiger partial charge in [-0.15, -0.1) is 0 Å². The lowest BCUT2D eigenvalue weighted by atomic mass is 10.1. The average molecular weight is 555 g/mol. The van der Waals surface area contributed by atoms with Gasteiger partial charge in [-0.05, 0) is 70.9 Å². The van der Waals surface area contributed by atoms with E-state index in [-0.39, 0.29) is 24.1 Å². The average Bonchev–Trinajstić information content (AvgIpc) is 3.55. The zero-order valence-electron chi connectivity index (χ0n) is 22.8. The first-order valence-electron chi connectivity index (χ1n) is 13.0. The van der Waals surface area contributed by atoms with Crippen LogP contribution in [0.15, 0.2) is 97.6 Å². The number of benzene rings is 2. The quantitative estimate of drug-likeness (QED) is 0.221. The molecule has 4 nitrogen and oxygen atoms in total. The molecule has 0 amide bonds. The zero-order chi connectivity index (χ0) is 27.8. The Balaban J connectivity index is 0.000000191. The van der Waals surface area contributed by atoms with Crippen LogP contribution in [0.5, 0.6) is 0 Å². The van der Waals surface area contributed by atoms with E-state index in [0.717, 1.165) is 44.3 Å². The topological polar surface area (TPSA) is 46.5 Å². The molecule has 0 spiro atoms. The summed E-state index contributed by atoms with van der Waals surface area (Å²) in [4.78, 5) is 12.0. The van der Waals surface area contributed by atoms with E-state index in [1.54, 1.807) is 24.4 Å². The second kappa shape index (κ2) is 11.2. The molecule has 0 bridgehead atoms. The van der Waals surface area contributed by atoms with E-state index >= 15 is 0 Å². The molecule has 206 valence electrons. The summed E-state index contributed by atoms with van der Waals surface area (Å²) in [6, 6.07) is 21.3. The van der Waals surface area contributed by atoms with Gasteiger partial charge in [0, 0.05) is 40.5 Å². The highest BCUT2D eigenvalue weighted by Crippen LogP contribution is 2.38. The minimum atomic E-state index is -1.70. The van der Waals surface area contributed by atoms with E-state index in [9.17, 15) is 8.78 Å². The fourth-order valence-corrected chi connectivity index (χ4v) is 6.31. The molecule has 0 atom stereocenters. The summed E-state index contributed by atoms with van der Waals surface area (Å²) in [5.41, 5.74) is 5.45. The molecule has 0 aliphatic rings. The summed E-state index contributed by atoms with van der Waals surface area (Å²) in [5.74, 6) is -0.451. The summed E-state index contributed by atoms with van der Waals surface area (Å²) in [6.45, 7) is 11.6. The van der Waals surface area contributed by atoms with Gasteiger partial charge in [-0.2, -0.15) is 0 Å². The SMILES string of the molecule is C.CC(C)(C)[Si](C)(C)n1ccc2cc(-c3cccc(F)c3)cnc21.Fc1cccc(-c2cnc3[nH]ccc3c2)c1. The number of hydrogen-bond acceptors (Lipinski definition) is 2. The number of rotatable bonds is 3. The molecule has 2 aromatic carbocycles. The fraction of sp³-hybridized carbons (Fsp3) is 0.212. The van der Waals surface area contributed by atoms with Crippen LogP contribution in [0.25, 0.3) is 44.3 Å². The molecule has 1 N–H and O–H groups in total. The Morgan fingerprint density at radius 2 is 1.30 bits per heavy atom. The lowest BCUT2D eigenvalue weighted by molar-refractivity contribution is 0.628. The molecule has 0 radical (unpaired) electrons. The summed E-state index contributed by atoms with van der Waals surface area (Å²) < 4.78 is 28.9. The van der Waals surface area contributed by atoms with Crippen molar-refractivity contribution in [2.75, 3.05) is 0 Å². The molecule has 40 heavy (non-hydrogen) atoms.